The van der Waals surface area contributed by atoms with Crippen LogP contribution in [0.1, 0.15) is 33.9 Å². The minimum atomic E-state index is -0.378. The van der Waals surface area contributed by atoms with E-state index in [2.05, 4.69) is 77.5 Å². The van der Waals surface area contributed by atoms with Gasteiger partial charge in [-0.2, -0.15) is 0 Å². The molecule has 0 radical (unpaired) electrons. The SMILES string of the molecule is [18F]CCNCCOCCOCCOc1cc(CN(Cc2ccccn2)Cc2ccccn2)cc(CN(Cc2ccccn2)Cc2ccccn2)c1. The molecule has 0 bridgehead atoms. The van der Waals surface area contributed by atoms with E-state index in [4.69, 9.17) is 14.2 Å². The van der Waals surface area contributed by atoms with E-state index in [1.807, 2.05) is 73.3 Å². The van der Waals surface area contributed by atoms with Crippen LogP contribution < -0.4 is 10.1 Å². The van der Waals surface area contributed by atoms with Crippen molar-refractivity contribution in [2.45, 2.75) is 39.3 Å². The molecule has 1 N–H and O–H groups in total. The molecular weight excluding hydrogens is 644 g/mol. The second kappa shape index (κ2) is 22.2. The molecule has 1 aromatic carbocycles. The van der Waals surface area contributed by atoms with Crippen LogP contribution in [-0.4, -0.2) is 82.5 Å². The van der Waals surface area contributed by atoms with Crippen LogP contribution in [0.3, 0.4) is 0 Å². The Labute approximate surface area is 300 Å². The summed E-state index contributed by atoms with van der Waals surface area (Å²) in [4.78, 5) is 23.1. The molecule has 0 saturated heterocycles. The van der Waals surface area contributed by atoms with Gasteiger partial charge in [0.25, 0.3) is 0 Å². The van der Waals surface area contributed by atoms with E-state index in [1.54, 1.807) is 0 Å². The van der Waals surface area contributed by atoms with E-state index < -0.39 is 0 Å². The predicted molar refractivity (Wildman–Crippen MR) is 195 cm³/mol. The van der Waals surface area contributed by atoms with Crippen LogP contribution >= 0.6 is 0 Å². The van der Waals surface area contributed by atoms with Crippen LogP contribution in [0.15, 0.2) is 116 Å². The third kappa shape index (κ3) is 14.6. The standard InChI is InChI=1S/C40H48FN7O3/c41-13-18-42-19-20-49-21-22-50-23-24-51-40-26-34(28-47(30-36-9-1-5-14-43-36)31-37-10-2-6-15-44-37)25-35(27-40)29-48(32-38-11-3-7-16-45-38)33-39-12-4-8-17-46-39/h1-12,14-17,25-27,42H,13,18-24,28-33H2/i41-1. The Morgan fingerprint density at radius 3 is 1.33 bits per heavy atom. The molecule has 0 fully saturated rings. The summed E-state index contributed by atoms with van der Waals surface area (Å²) in [6.07, 6.45) is 7.33. The van der Waals surface area contributed by atoms with E-state index in [9.17, 15) is 4.39 Å². The average molecular weight is 693 g/mol. The molecule has 51 heavy (non-hydrogen) atoms. The lowest BCUT2D eigenvalue weighted by Gasteiger charge is -2.25. The van der Waals surface area contributed by atoms with E-state index in [0.717, 1.165) is 39.7 Å². The molecule has 0 aliphatic rings. The van der Waals surface area contributed by atoms with Gasteiger partial charge in [0.2, 0.25) is 0 Å². The number of nitrogens with one attached hydrogen (secondary N) is 1. The minimum absolute atomic E-state index is 0.346. The summed E-state index contributed by atoms with van der Waals surface area (Å²) in [6, 6.07) is 30.5. The van der Waals surface area contributed by atoms with Gasteiger partial charge in [0, 0.05) is 77.1 Å². The predicted octanol–water partition coefficient (Wildman–Crippen LogP) is 5.64. The molecule has 4 heterocycles. The fourth-order valence-electron chi connectivity index (χ4n) is 5.61. The van der Waals surface area contributed by atoms with E-state index in [0.29, 0.717) is 85.4 Å². The van der Waals surface area contributed by atoms with Crippen molar-refractivity contribution in [3.63, 3.8) is 0 Å². The highest BCUT2D eigenvalue weighted by Crippen LogP contribution is 2.23. The maximum atomic E-state index is 12.2. The molecule has 10 nitrogen and oxygen atoms in total. The van der Waals surface area contributed by atoms with Crippen molar-refractivity contribution < 1.29 is 18.6 Å². The van der Waals surface area contributed by atoms with Gasteiger partial charge >= 0.3 is 0 Å². The largest absolute Gasteiger partial charge is 0.491 e. The number of hydrogen-bond acceptors (Lipinski definition) is 10. The van der Waals surface area contributed by atoms with Gasteiger partial charge in [-0.15, -0.1) is 0 Å². The van der Waals surface area contributed by atoms with Crippen molar-refractivity contribution in [1.82, 2.24) is 35.1 Å². The molecule has 268 valence electrons. The maximum Gasteiger partial charge on any atom is 0.120 e. The van der Waals surface area contributed by atoms with Crippen molar-refractivity contribution in [3.8, 4) is 5.75 Å². The Bertz CT molecular complexity index is 1450. The van der Waals surface area contributed by atoms with Gasteiger partial charge in [-0.05, 0) is 71.8 Å². The normalized spacial score (nSPS) is 11.4. The number of pyridine rings is 4. The summed E-state index contributed by atoms with van der Waals surface area (Å²) in [5.74, 6) is 0.785. The average Bonchev–Trinajstić information content (AvgIpc) is 3.15. The Kier molecular flexibility index (Phi) is 16.4. The summed E-state index contributed by atoms with van der Waals surface area (Å²) in [7, 11) is 0. The summed E-state index contributed by atoms with van der Waals surface area (Å²) in [5.41, 5.74) is 6.23. The van der Waals surface area contributed by atoms with Gasteiger partial charge < -0.3 is 19.5 Å². The number of ether oxygens (including phenoxy) is 3. The molecule has 0 aliphatic carbocycles. The Morgan fingerprint density at radius 2 is 0.922 bits per heavy atom. The first-order valence-corrected chi connectivity index (χ1v) is 17.5. The van der Waals surface area contributed by atoms with Gasteiger partial charge in [0.1, 0.15) is 19.0 Å². The van der Waals surface area contributed by atoms with Gasteiger partial charge in [-0.3, -0.25) is 29.7 Å². The first-order chi connectivity index (χ1) is 25.2. The van der Waals surface area contributed by atoms with Gasteiger partial charge in [0.05, 0.1) is 49.2 Å². The number of hydrogen-bond donors (Lipinski definition) is 1. The zero-order valence-corrected chi connectivity index (χ0v) is 29.2. The highest BCUT2D eigenvalue weighted by atomic mass is 18.2. The molecule has 0 saturated carbocycles. The zero-order chi connectivity index (χ0) is 35.2. The lowest BCUT2D eigenvalue weighted by molar-refractivity contribution is 0.0372. The van der Waals surface area contributed by atoms with Gasteiger partial charge in [-0.1, -0.05) is 30.3 Å². The summed E-state index contributed by atoms with van der Waals surface area (Å²) in [5, 5.41) is 2.97. The third-order valence-electron chi connectivity index (χ3n) is 7.85. The van der Waals surface area contributed by atoms with Crippen LogP contribution in [0.4, 0.5) is 4.39 Å². The smallest absolute Gasteiger partial charge is 0.120 e. The van der Waals surface area contributed by atoms with E-state index in [-0.39, 0.29) is 6.67 Å². The van der Waals surface area contributed by atoms with Crippen LogP contribution in [-0.2, 0) is 48.7 Å². The van der Waals surface area contributed by atoms with Crippen molar-refractivity contribution in [2.24, 2.45) is 0 Å². The first kappa shape index (κ1) is 37.6. The lowest BCUT2D eigenvalue weighted by Crippen LogP contribution is -2.25. The number of benzene rings is 1. The summed E-state index contributed by atoms with van der Waals surface area (Å²) < 4.78 is 29.8. The van der Waals surface area contributed by atoms with Crippen LogP contribution in [0, 0.1) is 0 Å². The molecule has 5 aromatic rings. The van der Waals surface area contributed by atoms with Crippen LogP contribution in [0.2, 0.25) is 0 Å². The second-order valence-electron chi connectivity index (χ2n) is 12.1. The Morgan fingerprint density at radius 1 is 0.490 bits per heavy atom. The van der Waals surface area contributed by atoms with E-state index in [1.165, 1.54) is 0 Å². The number of aromatic nitrogens is 4. The van der Waals surface area contributed by atoms with Crippen molar-refractivity contribution in [3.05, 3.63) is 150 Å². The van der Waals surface area contributed by atoms with Crippen molar-refractivity contribution in [1.29, 1.82) is 0 Å². The van der Waals surface area contributed by atoms with Gasteiger partial charge in [0.15, 0.2) is 0 Å². The number of alkyl halides is 1. The molecule has 5 rings (SSSR count). The number of halogens is 1. The molecular formula is C40H48FN7O3. The third-order valence-corrected chi connectivity index (χ3v) is 7.85. The highest BCUT2D eigenvalue weighted by molar-refractivity contribution is 5.35. The number of nitrogens with zero attached hydrogens (tertiary/aromatic N) is 6. The van der Waals surface area contributed by atoms with E-state index >= 15 is 0 Å². The maximum absolute atomic E-state index is 12.2. The van der Waals surface area contributed by atoms with Crippen molar-refractivity contribution >= 4 is 0 Å². The lowest BCUT2D eigenvalue weighted by atomic mass is 10.1. The first-order valence-electron chi connectivity index (χ1n) is 17.5. The quantitative estimate of drug-likeness (QED) is 0.0819. The Hall–Kier alpha value is -4.65. The molecule has 0 amide bonds. The minimum Gasteiger partial charge on any atom is -0.491 e. The molecule has 0 unspecified atom stereocenters. The topological polar surface area (TPSA) is 97.8 Å². The number of rotatable bonds is 24. The molecule has 0 aliphatic heterocycles. The monoisotopic (exact) mass is 692 g/mol. The highest BCUT2D eigenvalue weighted by Gasteiger charge is 2.15. The van der Waals surface area contributed by atoms with Gasteiger partial charge in [-0.25, -0.2) is 4.39 Å². The summed E-state index contributed by atoms with van der Waals surface area (Å²) in [6.45, 7) is 6.91. The summed E-state index contributed by atoms with van der Waals surface area (Å²) >= 11 is 0. The molecule has 4 aromatic heterocycles. The second-order valence-corrected chi connectivity index (χ2v) is 12.1. The van der Waals surface area contributed by atoms with Crippen molar-refractivity contribution in [2.75, 3.05) is 52.8 Å². The molecule has 0 atom stereocenters. The molecule has 11 heteroatoms. The fraction of sp³-hybridized carbons (Fsp3) is 0.350. The van der Waals surface area contributed by atoms with Crippen LogP contribution in [0.25, 0.3) is 0 Å². The zero-order valence-electron chi connectivity index (χ0n) is 29.2. The van der Waals surface area contributed by atoms with Crippen LogP contribution in [0.5, 0.6) is 5.75 Å². The Balaban J connectivity index is 1.30. The molecule has 0 spiro atoms. The fourth-order valence-corrected chi connectivity index (χ4v) is 5.61.